The van der Waals surface area contributed by atoms with E-state index in [0.29, 0.717) is 0 Å². The van der Waals surface area contributed by atoms with Crippen molar-refractivity contribution in [1.29, 1.82) is 5.26 Å². The third-order valence-electron chi connectivity index (χ3n) is 0.264. The molecular formula is C3H5N2NaO. The molecule has 0 bridgehead atoms. The summed E-state index contributed by atoms with van der Waals surface area (Å²) in [7, 11) is 0. The first kappa shape index (κ1) is 10.0. The molecule has 0 radical (unpaired) electrons. The van der Waals surface area contributed by atoms with Gasteiger partial charge in [0, 0.05) is 0 Å². The molecule has 0 aliphatic heterocycles. The molecule has 0 aliphatic rings. The number of hydrogen-bond donors (Lipinski definition) is 1. The average molecular weight is 108 g/mol. The van der Waals surface area contributed by atoms with Crippen molar-refractivity contribution in [3.8, 4) is 6.07 Å². The van der Waals surface area contributed by atoms with E-state index in [1.807, 2.05) is 0 Å². The Kier molecular flexibility index (Phi) is 13.4. The van der Waals surface area contributed by atoms with Crippen LogP contribution in [0.5, 0.6) is 0 Å². The van der Waals surface area contributed by atoms with Crippen LogP contribution >= 0.6 is 0 Å². The zero-order valence-corrected chi connectivity index (χ0v) is 6.13. The first-order valence-corrected chi connectivity index (χ1v) is 1.44. The predicted octanol–water partition coefficient (Wildman–Crippen LogP) is -2.52. The smallest absolute Gasteiger partial charge is 1.00 e. The summed E-state index contributed by atoms with van der Waals surface area (Å²) in [5.41, 5.74) is 0. The SMILES string of the molecule is N#CCC=NO.[H-].[Na+]. The van der Waals surface area contributed by atoms with Crippen molar-refractivity contribution in [2.45, 2.75) is 6.42 Å². The van der Waals surface area contributed by atoms with Crippen molar-refractivity contribution in [3.05, 3.63) is 0 Å². The van der Waals surface area contributed by atoms with E-state index in [1.54, 1.807) is 6.07 Å². The van der Waals surface area contributed by atoms with Crippen LogP contribution in [-0.2, 0) is 0 Å². The van der Waals surface area contributed by atoms with E-state index in [9.17, 15) is 0 Å². The van der Waals surface area contributed by atoms with Gasteiger partial charge in [-0.15, -0.1) is 5.16 Å². The van der Waals surface area contributed by atoms with Gasteiger partial charge in [0.15, 0.2) is 0 Å². The Morgan fingerprint density at radius 1 is 2.00 bits per heavy atom. The van der Waals surface area contributed by atoms with Crippen molar-refractivity contribution in [2.24, 2.45) is 5.16 Å². The van der Waals surface area contributed by atoms with Crippen LogP contribution < -0.4 is 29.6 Å². The van der Waals surface area contributed by atoms with Gasteiger partial charge in [-0.3, -0.25) is 0 Å². The van der Waals surface area contributed by atoms with Gasteiger partial charge in [0.25, 0.3) is 0 Å². The largest absolute Gasteiger partial charge is 1.00 e. The number of nitriles is 1. The molecule has 0 aromatic carbocycles. The van der Waals surface area contributed by atoms with Crippen molar-refractivity contribution >= 4 is 6.21 Å². The molecule has 0 aliphatic carbocycles. The summed E-state index contributed by atoms with van der Waals surface area (Å²) in [5, 5.41) is 17.9. The number of hydrogen-bond acceptors (Lipinski definition) is 3. The molecule has 1 N–H and O–H groups in total. The number of rotatable bonds is 1. The summed E-state index contributed by atoms with van der Waals surface area (Å²) in [5.74, 6) is 0. The van der Waals surface area contributed by atoms with E-state index in [-0.39, 0.29) is 37.4 Å². The van der Waals surface area contributed by atoms with Crippen molar-refractivity contribution in [2.75, 3.05) is 0 Å². The fourth-order valence-electron chi connectivity index (χ4n) is 0.0816. The molecule has 0 rings (SSSR count). The van der Waals surface area contributed by atoms with Crippen LogP contribution in [0.4, 0.5) is 0 Å². The van der Waals surface area contributed by atoms with Crippen molar-refractivity contribution < 1.29 is 36.2 Å². The summed E-state index contributed by atoms with van der Waals surface area (Å²) < 4.78 is 0. The van der Waals surface area contributed by atoms with Gasteiger partial charge in [0.2, 0.25) is 0 Å². The summed E-state index contributed by atoms with van der Waals surface area (Å²) in [6, 6.07) is 1.76. The van der Waals surface area contributed by atoms with Crippen LogP contribution in [0.2, 0.25) is 0 Å². The van der Waals surface area contributed by atoms with Gasteiger partial charge in [-0.2, -0.15) is 5.26 Å². The van der Waals surface area contributed by atoms with E-state index in [4.69, 9.17) is 10.5 Å². The van der Waals surface area contributed by atoms with E-state index in [0.717, 1.165) is 6.21 Å². The van der Waals surface area contributed by atoms with E-state index >= 15 is 0 Å². The second-order valence-electron chi connectivity index (χ2n) is 0.660. The van der Waals surface area contributed by atoms with Gasteiger partial charge in [-0.25, -0.2) is 0 Å². The summed E-state index contributed by atoms with van der Waals surface area (Å²) >= 11 is 0. The minimum Gasteiger partial charge on any atom is -1.00 e. The van der Waals surface area contributed by atoms with Gasteiger partial charge >= 0.3 is 29.6 Å². The Hall–Kier alpha value is -0.0400. The maximum atomic E-state index is 7.74. The predicted molar refractivity (Wildman–Crippen MR) is 21.6 cm³/mol. The van der Waals surface area contributed by atoms with Crippen LogP contribution in [0.3, 0.4) is 0 Å². The van der Waals surface area contributed by atoms with Crippen molar-refractivity contribution in [3.63, 3.8) is 0 Å². The molecule has 34 valence electrons. The second kappa shape index (κ2) is 9.35. The Labute approximate surface area is 65.4 Å². The van der Waals surface area contributed by atoms with Gasteiger partial charge in [0.05, 0.1) is 18.7 Å². The second-order valence-corrected chi connectivity index (χ2v) is 0.660. The summed E-state index contributed by atoms with van der Waals surface area (Å²) in [6.07, 6.45) is 1.30. The minimum atomic E-state index is 0. The maximum absolute atomic E-state index is 7.74. The standard InChI is InChI=1S/C3H4N2O.Na.H/c4-2-1-3-5-6;;/h3,6H,1H2;;/q;+1;-1. The minimum absolute atomic E-state index is 0. The van der Waals surface area contributed by atoms with E-state index in [1.165, 1.54) is 0 Å². The molecule has 0 amide bonds. The molecule has 7 heavy (non-hydrogen) atoms. The number of nitrogens with zero attached hydrogens (tertiary/aromatic N) is 2. The molecule has 0 fully saturated rings. The Morgan fingerprint density at radius 2 is 2.57 bits per heavy atom. The van der Waals surface area contributed by atoms with Crippen LogP contribution in [-0.4, -0.2) is 11.4 Å². The molecule has 0 aromatic rings. The normalized spacial score (nSPS) is 7.29. The maximum Gasteiger partial charge on any atom is 1.00 e. The molecule has 0 saturated heterocycles. The Balaban J connectivity index is -0.000000125. The fourth-order valence-corrected chi connectivity index (χ4v) is 0.0816. The molecule has 4 heteroatoms. The molecule has 3 nitrogen and oxygen atoms in total. The molecule has 0 atom stereocenters. The zero-order valence-electron chi connectivity index (χ0n) is 5.13. The quantitative estimate of drug-likeness (QED) is 0.174. The molecule has 0 unspecified atom stereocenters. The molecule has 0 aromatic heterocycles. The monoisotopic (exact) mass is 108 g/mol. The van der Waals surface area contributed by atoms with Gasteiger partial charge < -0.3 is 6.63 Å². The molecule has 0 spiro atoms. The van der Waals surface area contributed by atoms with Crippen LogP contribution in [0.1, 0.15) is 7.85 Å². The Morgan fingerprint density at radius 3 is 2.71 bits per heavy atom. The van der Waals surface area contributed by atoms with Crippen LogP contribution in [0, 0.1) is 11.3 Å². The molecule has 0 heterocycles. The topological polar surface area (TPSA) is 56.4 Å². The van der Waals surface area contributed by atoms with Crippen LogP contribution in [0.15, 0.2) is 5.16 Å². The summed E-state index contributed by atoms with van der Waals surface area (Å²) in [6.45, 7) is 0. The first-order valence-electron chi connectivity index (χ1n) is 1.44. The van der Waals surface area contributed by atoms with E-state index in [2.05, 4.69) is 5.16 Å². The summed E-state index contributed by atoms with van der Waals surface area (Å²) in [4.78, 5) is 0. The first-order chi connectivity index (χ1) is 2.91. The van der Waals surface area contributed by atoms with Gasteiger partial charge in [-0.1, -0.05) is 0 Å². The number of oxime groups is 1. The van der Waals surface area contributed by atoms with Gasteiger partial charge in [-0.05, 0) is 0 Å². The Bertz CT molecular complexity index is 89.8. The van der Waals surface area contributed by atoms with Crippen molar-refractivity contribution in [1.82, 2.24) is 0 Å². The average Bonchev–Trinajstić information content (AvgIpc) is 1.61. The van der Waals surface area contributed by atoms with E-state index < -0.39 is 0 Å². The fraction of sp³-hybridized carbons (Fsp3) is 0.333. The molecular weight excluding hydrogens is 103 g/mol. The van der Waals surface area contributed by atoms with Gasteiger partial charge in [0.1, 0.15) is 0 Å². The zero-order chi connectivity index (χ0) is 4.83. The third kappa shape index (κ3) is 10.7. The third-order valence-corrected chi connectivity index (χ3v) is 0.264. The van der Waals surface area contributed by atoms with Crippen LogP contribution in [0.25, 0.3) is 0 Å². The molecule has 0 saturated carbocycles.